The van der Waals surface area contributed by atoms with Crippen LogP contribution < -0.4 is 0 Å². The Bertz CT molecular complexity index is 972. The van der Waals surface area contributed by atoms with Crippen LogP contribution in [0, 0.1) is 0 Å². The van der Waals surface area contributed by atoms with E-state index in [1.54, 1.807) is 11.8 Å². The molecular formula is C23H22N4S. The van der Waals surface area contributed by atoms with Crippen molar-refractivity contribution in [1.82, 2.24) is 20.2 Å². The molecule has 0 radical (unpaired) electrons. The van der Waals surface area contributed by atoms with Crippen LogP contribution in [0.4, 0.5) is 0 Å². The molecule has 0 aliphatic rings. The van der Waals surface area contributed by atoms with Gasteiger partial charge in [0.1, 0.15) is 0 Å². The number of hydrogen-bond donors (Lipinski definition) is 0. The zero-order valence-corrected chi connectivity index (χ0v) is 16.8. The Kier molecular flexibility index (Phi) is 5.53. The van der Waals surface area contributed by atoms with Gasteiger partial charge in [-0.05, 0) is 45.2 Å². The molecule has 1 aromatic heterocycles. The summed E-state index contributed by atoms with van der Waals surface area (Å²) in [5.74, 6) is 0.498. The van der Waals surface area contributed by atoms with Gasteiger partial charge in [0, 0.05) is 0 Å². The van der Waals surface area contributed by atoms with Crippen molar-refractivity contribution < 1.29 is 0 Å². The van der Waals surface area contributed by atoms with E-state index >= 15 is 0 Å². The third-order valence-corrected chi connectivity index (χ3v) is 5.92. The molecule has 0 aliphatic carbocycles. The molecule has 0 unspecified atom stereocenters. The van der Waals surface area contributed by atoms with Gasteiger partial charge in [-0.3, -0.25) is 0 Å². The van der Waals surface area contributed by atoms with Gasteiger partial charge in [0.25, 0.3) is 0 Å². The first-order chi connectivity index (χ1) is 13.7. The summed E-state index contributed by atoms with van der Waals surface area (Å²) in [6.07, 6.45) is 0. The molecule has 0 saturated carbocycles. The lowest BCUT2D eigenvalue weighted by atomic mass is 10.0. The van der Waals surface area contributed by atoms with E-state index in [-0.39, 0.29) is 5.25 Å². The van der Waals surface area contributed by atoms with Crippen molar-refractivity contribution in [2.45, 2.75) is 30.2 Å². The second kappa shape index (κ2) is 8.40. The number of hydrogen-bond acceptors (Lipinski definition) is 4. The number of rotatable bonds is 6. The zero-order chi connectivity index (χ0) is 19.3. The zero-order valence-electron chi connectivity index (χ0n) is 15.9. The minimum absolute atomic E-state index is 0.113. The van der Waals surface area contributed by atoms with Crippen LogP contribution in [0.5, 0.6) is 0 Å². The summed E-state index contributed by atoms with van der Waals surface area (Å²) >= 11 is 1.66. The molecule has 5 heteroatoms. The fourth-order valence-corrected chi connectivity index (χ4v) is 4.23. The van der Waals surface area contributed by atoms with E-state index < -0.39 is 0 Å². The highest BCUT2D eigenvalue weighted by molar-refractivity contribution is 7.99. The molecule has 0 saturated heterocycles. The van der Waals surface area contributed by atoms with Crippen LogP contribution in [0.1, 0.15) is 41.7 Å². The maximum atomic E-state index is 4.31. The number of tetrazole rings is 1. The highest BCUT2D eigenvalue weighted by Gasteiger charge is 2.20. The van der Waals surface area contributed by atoms with E-state index in [4.69, 9.17) is 0 Å². The minimum Gasteiger partial charge on any atom is -0.187 e. The molecule has 0 N–H and O–H groups in total. The number of nitrogens with zero attached hydrogens (tertiary/aromatic N) is 4. The second-order valence-corrected chi connectivity index (χ2v) is 8.01. The Morgan fingerprint density at radius 2 is 1.29 bits per heavy atom. The van der Waals surface area contributed by atoms with Crippen molar-refractivity contribution in [3.8, 4) is 5.69 Å². The average molecular weight is 387 g/mol. The lowest BCUT2D eigenvalue weighted by Crippen LogP contribution is -2.03. The Morgan fingerprint density at radius 3 is 1.82 bits per heavy atom. The summed E-state index contributed by atoms with van der Waals surface area (Å²) in [5.41, 5.74) is 4.72. The molecule has 4 nitrogen and oxygen atoms in total. The van der Waals surface area contributed by atoms with Crippen LogP contribution in [-0.2, 0) is 0 Å². The van der Waals surface area contributed by atoms with Gasteiger partial charge >= 0.3 is 0 Å². The second-order valence-electron chi connectivity index (χ2n) is 6.94. The summed E-state index contributed by atoms with van der Waals surface area (Å²) in [4.78, 5) is 0. The van der Waals surface area contributed by atoms with E-state index in [1.165, 1.54) is 16.7 Å². The van der Waals surface area contributed by atoms with Crippen LogP contribution in [0.2, 0.25) is 0 Å². The van der Waals surface area contributed by atoms with Gasteiger partial charge in [-0.1, -0.05) is 98.4 Å². The van der Waals surface area contributed by atoms with E-state index in [0.29, 0.717) is 5.92 Å². The minimum atomic E-state index is 0.113. The van der Waals surface area contributed by atoms with Gasteiger partial charge in [-0.2, -0.15) is 4.68 Å². The topological polar surface area (TPSA) is 43.6 Å². The molecule has 0 fully saturated rings. The molecule has 4 aromatic rings. The van der Waals surface area contributed by atoms with Crippen molar-refractivity contribution in [2.24, 2.45) is 0 Å². The van der Waals surface area contributed by atoms with Crippen molar-refractivity contribution in [3.05, 3.63) is 102 Å². The molecule has 3 aromatic carbocycles. The Labute approximate surface area is 169 Å². The SMILES string of the molecule is CC(C)c1ccc(-n2nnnc2SC(c2ccccc2)c2ccccc2)cc1. The molecule has 0 aliphatic heterocycles. The number of thioether (sulfide) groups is 1. The third-order valence-electron chi connectivity index (χ3n) is 4.67. The van der Waals surface area contributed by atoms with Gasteiger partial charge in [0.05, 0.1) is 10.9 Å². The van der Waals surface area contributed by atoms with E-state index in [1.807, 2.05) is 16.8 Å². The van der Waals surface area contributed by atoms with Crippen LogP contribution >= 0.6 is 11.8 Å². The smallest absolute Gasteiger partial charge is 0.187 e. The predicted molar refractivity (Wildman–Crippen MR) is 114 cm³/mol. The molecule has 0 atom stereocenters. The quantitative estimate of drug-likeness (QED) is 0.401. The normalized spacial score (nSPS) is 11.3. The first kappa shape index (κ1) is 18.4. The van der Waals surface area contributed by atoms with Crippen molar-refractivity contribution >= 4 is 11.8 Å². The molecule has 1 heterocycles. The summed E-state index contributed by atoms with van der Waals surface area (Å²) in [6.45, 7) is 4.38. The fourth-order valence-electron chi connectivity index (χ4n) is 3.10. The maximum Gasteiger partial charge on any atom is 0.215 e. The summed E-state index contributed by atoms with van der Waals surface area (Å²) in [5, 5.41) is 13.4. The standard InChI is InChI=1S/C23H22N4S/c1-17(2)18-13-15-21(16-14-18)27-23(24-25-26-27)28-22(19-9-5-3-6-10-19)20-11-7-4-8-12-20/h3-17,22H,1-2H3. The number of aromatic nitrogens is 4. The highest BCUT2D eigenvalue weighted by Crippen LogP contribution is 2.39. The van der Waals surface area contributed by atoms with E-state index in [2.05, 4.69) is 102 Å². The van der Waals surface area contributed by atoms with E-state index in [0.717, 1.165) is 10.8 Å². The van der Waals surface area contributed by atoms with Gasteiger partial charge in [0.2, 0.25) is 5.16 Å². The van der Waals surface area contributed by atoms with Crippen molar-refractivity contribution in [2.75, 3.05) is 0 Å². The first-order valence-corrected chi connectivity index (χ1v) is 10.3. The molecule has 0 bridgehead atoms. The average Bonchev–Trinajstić information content (AvgIpc) is 3.21. The van der Waals surface area contributed by atoms with Crippen LogP contribution in [-0.4, -0.2) is 20.2 Å². The van der Waals surface area contributed by atoms with Crippen LogP contribution in [0.15, 0.2) is 90.1 Å². The largest absolute Gasteiger partial charge is 0.215 e. The predicted octanol–water partition coefficient (Wildman–Crippen LogP) is 5.67. The summed E-state index contributed by atoms with van der Waals surface area (Å²) in [6, 6.07) is 29.4. The van der Waals surface area contributed by atoms with E-state index in [9.17, 15) is 0 Å². The molecule has 0 amide bonds. The molecule has 0 spiro atoms. The van der Waals surface area contributed by atoms with Crippen LogP contribution in [0.3, 0.4) is 0 Å². The third kappa shape index (κ3) is 3.99. The van der Waals surface area contributed by atoms with Crippen LogP contribution in [0.25, 0.3) is 5.69 Å². The highest BCUT2D eigenvalue weighted by atomic mass is 32.2. The Hall–Kier alpha value is -2.92. The molecular weight excluding hydrogens is 364 g/mol. The molecule has 28 heavy (non-hydrogen) atoms. The van der Waals surface area contributed by atoms with Gasteiger partial charge in [0.15, 0.2) is 0 Å². The van der Waals surface area contributed by atoms with Gasteiger partial charge < -0.3 is 0 Å². The number of benzene rings is 3. The molecule has 4 rings (SSSR count). The first-order valence-electron chi connectivity index (χ1n) is 9.37. The molecule has 140 valence electrons. The Balaban J connectivity index is 1.68. The van der Waals surface area contributed by atoms with Crippen molar-refractivity contribution in [3.63, 3.8) is 0 Å². The monoisotopic (exact) mass is 386 g/mol. The lowest BCUT2D eigenvalue weighted by Gasteiger charge is -2.17. The lowest BCUT2D eigenvalue weighted by molar-refractivity contribution is 0.753. The van der Waals surface area contributed by atoms with Crippen molar-refractivity contribution in [1.29, 1.82) is 0 Å². The van der Waals surface area contributed by atoms with Gasteiger partial charge in [-0.25, -0.2) is 0 Å². The maximum absolute atomic E-state index is 4.31. The van der Waals surface area contributed by atoms with Gasteiger partial charge in [-0.15, -0.1) is 5.10 Å². The Morgan fingerprint density at radius 1 is 0.714 bits per heavy atom. The summed E-state index contributed by atoms with van der Waals surface area (Å²) < 4.78 is 1.81. The fraction of sp³-hybridized carbons (Fsp3) is 0.174. The summed E-state index contributed by atoms with van der Waals surface area (Å²) in [7, 11) is 0.